The minimum absolute atomic E-state index is 0.508. The fraction of sp³-hybridized carbons (Fsp3) is 0.125. The molecule has 5 nitrogen and oxygen atoms in total. The molecule has 0 radical (unpaired) electrons. The quantitative estimate of drug-likeness (QED) is 0.778. The normalized spacial score (nSPS) is 10.5. The summed E-state index contributed by atoms with van der Waals surface area (Å²) in [5.74, 6) is 0.812. The van der Waals surface area contributed by atoms with Crippen molar-refractivity contribution in [1.82, 2.24) is 14.5 Å². The van der Waals surface area contributed by atoms with E-state index in [1.54, 1.807) is 12.5 Å². The third-order valence-corrected chi connectivity index (χ3v) is 3.10. The molecule has 2 aromatic heterocycles. The van der Waals surface area contributed by atoms with E-state index >= 15 is 0 Å². The lowest BCUT2D eigenvalue weighted by Gasteiger charge is -2.09. The molecule has 0 saturated heterocycles. The molecule has 0 aliphatic carbocycles. The van der Waals surface area contributed by atoms with Gasteiger partial charge in [0.05, 0.1) is 18.2 Å². The van der Waals surface area contributed by atoms with Crippen molar-refractivity contribution in [1.29, 1.82) is 0 Å². The van der Waals surface area contributed by atoms with Crippen molar-refractivity contribution in [3.8, 4) is 22.7 Å². The Bertz CT molecular complexity index is 692. The molecule has 0 unspecified atom stereocenters. The Kier molecular flexibility index (Phi) is 3.93. The zero-order chi connectivity index (χ0) is 14.5. The highest BCUT2D eigenvalue weighted by Crippen LogP contribution is 2.23. The molecule has 0 aliphatic rings. The summed E-state index contributed by atoms with van der Waals surface area (Å²) in [6, 6.07) is 11.8. The first-order valence-corrected chi connectivity index (χ1v) is 6.74. The minimum Gasteiger partial charge on any atom is -0.492 e. The maximum absolute atomic E-state index is 5.48. The first-order valence-electron chi connectivity index (χ1n) is 6.74. The topological polar surface area (TPSA) is 66.0 Å². The Hall–Kier alpha value is -2.66. The van der Waals surface area contributed by atoms with Gasteiger partial charge in [-0.15, -0.1) is 0 Å². The summed E-state index contributed by atoms with van der Waals surface area (Å²) < 4.78 is 7.50. The molecule has 0 atom stereocenters. The molecule has 3 rings (SSSR count). The second-order valence-electron chi connectivity index (χ2n) is 4.52. The summed E-state index contributed by atoms with van der Waals surface area (Å²) in [5.41, 5.74) is 8.47. The van der Waals surface area contributed by atoms with Gasteiger partial charge in [-0.1, -0.05) is 0 Å². The van der Waals surface area contributed by atoms with Crippen molar-refractivity contribution >= 4 is 0 Å². The average molecular weight is 280 g/mol. The molecule has 2 N–H and O–H groups in total. The van der Waals surface area contributed by atoms with Crippen molar-refractivity contribution in [3.63, 3.8) is 0 Å². The van der Waals surface area contributed by atoms with Crippen LogP contribution < -0.4 is 10.5 Å². The van der Waals surface area contributed by atoms with Crippen LogP contribution in [0.3, 0.4) is 0 Å². The Morgan fingerprint density at radius 2 is 1.90 bits per heavy atom. The Balaban J connectivity index is 1.90. The second-order valence-corrected chi connectivity index (χ2v) is 4.52. The zero-order valence-electron chi connectivity index (χ0n) is 11.5. The van der Waals surface area contributed by atoms with E-state index in [0.717, 1.165) is 22.7 Å². The van der Waals surface area contributed by atoms with Gasteiger partial charge in [-0.3, -0.25) is 9.55 Å². The number of hydrogen-bond donors (Lipinski definition) is 1. The van der Waals surface area contributed by atoms with Gasteiger partial charge in [0, 0.05) is 30.2 Å². The van der Waals surface area contributed by atoms with Crippen LogP contribution in [0.25, 0.3) is 16.9 Å². The third kappa shape index (κ3) is 2.93. The number of nitrogens with two attached hydrogens (primary N) is 1. The highest BCUT2D eigenvalue weighted by atomic mass is 16.5. The molecule has 0 spiro atoms. The fourth-order valence-corrected chi connectivity index (χ4v) is 2.11. The number of hydrogen-bond acceptors (Lipinski definition) is 4. The number of nitrogens with zero attached hydrogens (tertiary/aromatic N) is 3. The van der Waals surface area contributed by atoms with Gasteiger partial charge in [0.25, 0.3) is 0 Å². The van der Waals surface area contributed by atoms with Crippen molar-refractivity contribution < 1.29 is 4.74 Å². The van der Waals surface area contributed by atoms with Crippen LogP contribution in [0, 0.1) is 0 Å². The molecular weight excluding hydrogens is 264 g/mol. The molecule has 5 heteroatoms. The molecule has 0 amide bonds. The molecule has 106 valence electrons. The highest BCUT2D eigenvalue weighted by Gasteiger charge is 2.07. The van der Waals surface area contributed by atoms with Crippen molar-refractivity contribution in [3.05, 3.63) is 61.3 Å². The third-order valence-electron chi connectivity index (χ3n) is 3.10. The molecular formula is C16H16N4O. The van der Waals surface area contributed by atoms with Crippen LogP contribution >= 0.6 is 0 Å². The second kappa shape index (κ2) is 6.19. The SMILES string of the molecule is NCCOc1ccc(-n2cncc2-c2cccnc2)cc1. The Morgan fingerprint density at radius 3 is 2.62 bits per heavy atom. The van der Waals surface area contributed by atoms with Crippen molar-refractivity contribution in [2.45, 2.75) is 0 Å². The zero-order valence-corrected chi connectivity index (χ0v) is 11.5. The fourth-order valence-electron chi connectivity index (χ4n) is 2.11. The van der Waals surface area contributed by atoms with Gasteiger partial charge in [-0.05, 0) is 36.4 Å². The van der Waals surface area contributed by atoms with Gasteiger partial charge in [0.2, 0.25) is 0 Å². The van der Waals surface area contributed by atoms with E-state index in [2.05, 4.69) is 9.97 Å². The lowest BCUT2D eigenvalue weighted by atomic mass is 10.2. The van der Waals surface area contributed by atoms with Crippen LogP contribution in [0.4, 0.5) is 0 Å². The molecule has 2 heterocycles. The number of imidazole rings is 1. The van der Waals surface area contributed by atoms with E-state index < -0.39 is 0 Å². The predicted octanol–water partition coefficient (Wildman–Crippen LogP) is 2.27. The van der Waals surface area contributed by atoms with Crippen LogP contribution in [-0.4, -0.2) is 27.7 Å². The first-order chi connectivity index (χ1) is 10.4. The van der Waals surface area contributed by atoms with Crippen molar-refractivity contribution in [2.75, 3.05) is 13.2 Å². The maximum Gasteiger partial charge on any atom is 0.119 e. The van der Waals surface area contributed by atoms with E-state index in [-0.39, 0.29) is 0 Å². The van der Waals surface area contributed by atoms with Crippen LogP contribution in [0.2, 0.25) is 0 Å². The van der Waals surface area contributed by atoms with Crippen LogP contribution in [0.5, 0.6) is 5.75 Å². The van der Waals surface area contributed by atoms with E-state index in [4.69, 9.17) is 10.5 Å². The lowest BCUT2D eigenvalue weighted by Crippen LogP contribution is -2.10. The summed E-state index contributed by atoms with van der Waals surface area (Å²) >= 11 is 0. The van der Waals surface area contributed by atoms with E-state index in [9.17, 15) is 0 Å². The maximum atomic E-state index is 5.48. The van der Waals surface area contributed by atoms with Gasteiger partial charge < -0.3 is 10.5 Å². The number of aromatic nitrogens is 3. The molecule has 1 aromatic carbocycles. The van der Waals surface area contributed by atoms with Gasteiger partial charge >= 0.3 is 0 Å². The number of pyridine rings is 1. The number of rotatable bonds is 5. The largest absolute Gasteiger partial charge is 0.492 e. The van der Waals surface area contributed by atoms with Crippen LogP contribution in [0.1, 0.15) is 0 Å². The predicted molar refractivity (Wildman–Crippen MR) is 81.3 cm³/mol. The summed E-state index contributed by atoms with van der Waals surface area (Å²) in [7, 11) is 0. The summed E-state index contributed by atoms with van der Waals surface area (Å²) in [5, 5.41) is 0. The summed E-state index contributed by atoms with van der Waals surface area (Å²) in [6.45, 7) is 1.03. The van der Waals surface area contributed by atoms with Gasteiger partial charge in [0.1, 0.15) is 12.4 Å². The number of ether oxygens (including phenoxy) is 1. The number of benzene rings is 1. The molecule has 21 heavy (non-hydrogen) atoms. The monoisotopic (exact) mass is 280 g/mol. The molecule has 0 bridgehead atoms. The lowest BCUT2D eigenvalue weighted by molar-refractivity contribution is 0.328. The van der Waals surface area contributed by atoms with E-state index in [0.29, 0.717) is 13.2 Å². The van der Waals surface area contributed by atoms with Gasteiger partial charge in [-0.25, -0.2) is 4.98 Å². The first kappa shape index (κ1) is 13.3. The summed E-state index contributed by atoms with van der Waals surface area (Å²) in [6.07, 6.45) is 7.20. The average Bonchev–Trinajstić information content (AvgIpc) is 3.04. The molecule has 0 fully saturated rings. The molecule has 0 saturated carbocycles. The summed E-state index contributed by atoms with van der Waals surface area (Å²) in [4.78, 5) is 8.38. The van der Waals surface area contributed by atoms with Crippen LogP contribution in [-0.2, 0) is 0 Å². The smallest absolute Gasteiger partial charge is 0.119 e. The highest BCUT2D eigenvalue weighted by molar-refractivity contribution is 5.60. The molecule has 3 aromatic rings. The minimum atomic E-state index is 0.508. The standard InChI is InChI=1S/C16H16N4O/c17-7-9-21-15-5-3-14(4-6-15)20-12-19-11-16(20)13-2-1-8-18-10-13/h1-6,8,10-12H,7,9,17H2. The van der Waals surface area contributed by atoms with E-state index in [1.807, 2.05) is 53.4 Å². The van der Waals surface area contributed by atoms with Crippen molar-refractivity contribution in [2.24, 2.45) is 5.73 Å². The molecule has 0 aliphatic heterocycles. The van der Waals surface area contributed by atoms with Gasteiger partial charge in [0.15, 0.2) is 0 Å². The Labute approximate surface area is 123 Å². The van der Waals surface area contributed by atoms with E-state index in [1.165, 1.54) is 0 Å². The van der Waals surface area contributed by atoms with Gasteiger partial charge in [-0.2, -0.15) is 0 Å². The van der Waals surface area contributed by atoms with Crippen LogP contribution in [0.15, 0.2) is 61.3 Å². The Morgan fingerprint density at radius 1 is 1.05 bits per heavy atom.